The smallest absolute Gasteiger partial charge is 0.240 e. The summed E-state index contributed by atoms with van der Waals surface area (Å²) in [4.78, 5) is 4.33. The van der Waals surface area contributed by atoms with Crippen LogP contribution >= 0.6 is 31.9 Å². The lowest BCUT2D eigenvalue weighted by Gasteiger charge is -2.12. The molecule has 0 bridgehead atoms. The zero-order valence-electron chi connectivity index (χ0n) is 10.3. The molecule has 0 saturated heterocycles. The van der Waals surface area contributed by atoms with Crippen molar-refractivity contribution in [3.05, 3.63) is 45.4 Å². The Bertz CT molecular complexity index is 708. The third-order valence-electron chi connectivity index (χ3n) is 2.58. The SMILES string of the molecule is CC(C)c1nccn1S(=O)(=O)c1cc(Br)ccc1Br. The molecule has 2 rings (SSSR count). The zero-order valence-corrected chi connectivity index (χ0v) is 14.3. The molecule has 0 aliphatic heterocycles. The minimum atomic E-state index is -3.65. The molecule has 0 fully saturated rings. The van der Waals surface area contributed by atoms with Gasteiger partial charge in [-0.1, -0.05) is 29.8 Å². The summed E-state index contributed by atoms with van der Waals surface area (Å²) in [5.41, 5.74) is 0. The summed E-state index contributed by atoms with van der Waals surface area (Å²) in [6, 6.07) is 5.05. The van der Waals surface area contributed by atoms with Gasteiger partial charge in [-0.3, -0.25) is 0 Å². The van der Waals surface area contributed by atoms with Gasteiger partial charge in [0.05, 0.1) is 0 Å². The minimum absolute atomic E-state index is 0.0238. The second-order valence-electron chi connectivity index (χ2n) is 4.32. The van der Waals surface area contributed by atoms with Gasteiger partial charge in [-0.25, -0.2) is 17.4 Å². The Kier molecular flexibility index (Phi) is 4.17. The molecule has 0 atom stereocenters. The van der Waals surface area contributed by atoms with Crippen LogP contribution in [-0.4, -0.2) is 17.4 Å². The van der Waals surface area contributed by atoms with Crippen LogP contribution in [0.4, 0.5) is 0 Å². The van der Waals surface area contributed by atoms with Crippen molar-refractivity contribution in [2.45, 2.75) is 24.7 Å². The van der Waals surface area contributed by atoms with E-state index >= 15 is 0 Å². The van der Waals surface area contributed by atoms with Gasteiger partial charge in [0, 0.05) is 27.3 Å². The fourth-order valence-corrected chi connectivity index (χ4v) is 4.59. The summed E-state index contributed by atoms with van der Waals surface area (Å²) >= 11 is 6.57. The van der Waals surface area contributed by atoms with E-state index in [2.05, 4.69) is 36.8 Å². The van der Waals surface area contributed by atoms with Crippen LogP contribution in [0.1, 0.15) is 25.6 Å². The molecular formula is C12H12Br2N2O2S. The van der Waals surface area contributed by atoms with Crippen molar-refractivity contribution in [3.8, 4) is 0 Å². The molecule has 0 amide bonds. The number of benzene rings is 1. The fraction of sp³-hybridized carbons (Fsp3) is 0.250. The number of hydrogen-bond donors (Lipinski definition) is 0. The Hall–Kier alpha value is -0.660. The molecule has 0 saturated carbocycles. The second kappa shape index (κ2) is 5.38. The summed E-state index contributed by atoms with van der Waals surface area (Å²) in [6.07, 6.45) is 2.97. The van der Waals surface area contributed by atoms with Gasteiger partial charge >= 0.3 is 0 Å². The standard InChI is InChI=1S/C12H12Br2N2O2S/c1-8(2)12-15-5-6-16(12)19(17,18)11-7-9(13)3-4-10(11)14/h3-8H,1-2H3. The van der Waals surface area contributed by atoms with Gasteiger partial charge in [0.2, 0.25) is 0 Å². The van der Waals surface area contributed by atoms with E-state index in [1.807, 2.05) is 13.8 Å². The molecule has 0 spiro atoms. The van der Waals surface area contributed by atoms with Gasteiger partial charge in [-0.2, -0.15) is 0 Å². The van der Waals surface area contributed by atoms with E-state index in [0.29, 0.717) is 14.8 Å². The Morgan fingerprint density at radius 1 is 1.26 bits per heavy atom. The Morgan fingerprint density at radius 3 is 2.58 bits per heavy atom. The van der Waals surface area contributed by atoms with E-state index in [-0.39, 0.29) is 10.8 Å². The minimum Gasteiger partial charge on any atom is -0.240 e. The van der Waals surface area contributed by atoms with E-state index in [9.17, 15) is 8.42 Å². The maximum atomic E-state index is 12.7. The Morgan fingerprint density at radius 2 is 1.95 bits per heavy atom. The van der Waals surface area contributed by atoms with Gasteiger partial charge < -0.3 is 0 Å². The predicted octanol–water partition coefficient (Wildman–Crippen LogP) is 3.77. The molecule has 0 aliphatic rings. The first-order chi connectivity index (χ1) is 8.84. The van der Waals surface area contributed by atoms with Crippen LogP contribution in [0.5, 0.6) is 0 Å². The van der Waals surface area contributed by atoms with Crippen molar-refractivity contribution < 1.29 is 8.42 Å². The summed E-state index contributed by atoms with van der Waals surface area (Å²) < 4.78 is 27.8. The first-order valence-corrected chi connectivity index (χ1v) is 8.60. The molecule has 1 aromatic heterocycles. The van der Waals surface area contributed by atoms with Crippen LogP contribution < -0.4 is 0 Å². The van der Waals surface area contributed by atoms with Crippen LogP contribution in [0.25, 0.3) is 0 Å². The quantitative estimate of drug-likeness (QED) is 0.778. The van der Waals surface area contributed by atoms with Gasteiger partial charge in [-0.05, 0) is 34.1 Å². The Labute approximate surface area is 129 Å². The normalized spacial score (nSPS) is 12.1. The predicted molar refractivity (Wildman–Crippen MR) is 80.7 cm³/mol. The number of nitrogens with zero attached hydrogens (tertiary/aromatic N) is 2. The van der Waals surface area contributed by atoms with E-state index in [0.717, 1.165) is 0 Å². The molecule has 0 radical (unpaired) electrons. The van der Waals surface area contributed by atoms with Gasteiger partial charge in [-0.15, -0.1) is 0 Å². The molecule has 7 heteroatoms. The first kappa shape index (κ1) is 14.7. The van der Waals surface area contributed by atoms with E-state index in [1.165, 1.54) is 16.4 Å². The van der Waals surface area contributed by atoms with E-state index in [1.54, 1.807) is 18.2 Å². The highest BCUT2D eigenvalue weighted by molar-refractivity contribution is 9.11. The molecule has 1 heterocycles. The molecular weight excluding hydrogens is 396 g/mol. The van der Waals surface area contributed by atoms with Crippen LogP contribution in [0.2, 0.25) is 0 Å². The highest BCUT2D eigenvalue weighted by Crippen LogP contribution is 2.28. The fourth-order valence-electron chi connectivity index (χ4n) is 1.69. The van der Waals surface area contributed by atoms with Crippen LogP contribution in [-0.2, 0) is 10.0 Å². The molecule has 0 unspecified atom stereocenters. The average molecular weight is 408 g/mol. The van der Waals surface area contributed by atoms with E-state index < -0.39 is 10.0 Å². The van der Waals surface area contributed by atoms with Gasteiger partial charge in [0.1, 0.15) is 10.7 Å². The third-order valence-corrected chi connectivity index (χ3v) is 5.75. The van der Waals surface area contributed by atoms with Gasteiger partial charge in [0.25, 0.3) is 10.0 Å². The van der Waals surface area contributed by atoms with Crippen LogP contribution in [0.3, 0.4) is 0 Å². The maximum Gasteiger partial charge on any atom is 0.270 e. The number of aromatic nitrogens is 2. The lowest BCUT2D eigenvalue weighted by Crippen LogP contribution is -2.16. The lowest BCUT2D eigenvalue weighted by atomic mass is 10.2. The van der Waals surface area contributed by atoms with Crippen molar-refractivity contribution in [3.63, 3.8) is 0 Å². The summed E-state index contributed by atoms with van der Waals surface area (Å²) in [5, 5.41) is 0. The zero-order chi connectivity index (χ0) is 14.2. The third kappa shape index (κ3) is 2.78. The lowest BCUT2D eigenvalue weighted by molar-refractivity contribution is 0.581. The topological polar surface area (TPSA) is 52.0 Å². The Balaban J connectivity index is 2.66. The highest BCUT2D eigenvalue weighted by atomic mass is 79.9. The average Bonchev–Trinajstić information content (AvgIpc) is 2.82. The maximum absolute atomic E-state index is 12.7. The summed E-state index contributed by atoms with van der Waals surface area (Å²) in [5.74, 6) is 0.544. The number of halogens is 2. The van der Waals surface area contributed by atoms with Crippen molar-refractivity contribution in [2.75, 3.05) is 0 Å². The molecule has 0 N–H and O–H groups in total. The molecule has 4 nitrogen and oxygen atoms in total. The number of rotatable bonds is 3. The summed E-state index contributed by atoms with van der Waals surface area (Å²) in [7, 11) is -3.65. The molecule has 102 valence electrons. The largest absolute Gasteiger partial charge is 0.270 e. The van der Waals surface area contributed by atoms with E-state index in [4.69, 9.17) is 0 Å². The van der Waals surface area contributed by atoms with Crippen LogP contribution in [0, 0.1) is 0 Å². The van der Waals surface area contributed by atoms with Crippen LogP contribution in [0.15, 0.2) is 44.4 Å². The summed E-state index contributed by atoms with van der Waals surface area (Å²) in [6.45, 7) is 3.81. The van der Waals surface area contributed by atoms with Crippen molar-refractivity contribution in [2.24, 2.45) is 0 Å². The molecule has 0 aliphatic carbocycles. The molecule has 2 aromatic rings. The van der Waals surface area contributed by atoms with Crippen molar-refractivity contribution in [1.82, 2.24) is 8.96 Å². The van der Waals surface area contributed by atoms with Crippen molar-refractivity contribution >= 4 is 41.9 Å². The van der Waals surface area contributed by atoms with Crippen molar-refractivity contribution in [1.29, 1.82) is 0 Å². The molecule has 1 aromatic carbocycles. The van der Waals surface area contributed by atoms with Gasteiger partial charge in [0.15, 0.2) is 0 Å². The molecule has 19 heavy (non-hydrogen) atoms. The number of imidazole rings is 1. The highest BCUT2D eigenvalue weighted by Gasteiger charge is 2.24. The first-order valence-electron chi connectivity index (χ1n) is 5.58. The second-order valence-corrected chi connectivity index (χ2v) is 7.87. The monoisotopic (exact) mass is 406 g/mol. The number of hydrogen-bond acceptors (Lipinski definition) is 3.